The highest BCUT2D eigenvalue weighted by Crippen LogP contribution is 2.34. The number of rotatable bonds is 12. The second kappa shape index (κ2) is 11.6. The van der Waals surface area contributed by atoms with Crippen LogP contribution < -0.4 is 4.74 Å². The second-order valence-electron chi connectivity index (χ2n) is 5.75. The number of unbranched alkanes of at least 4 members (excludes halogenated alkanes) is 5. The SMILES string of the molecule is CCCCCCCCOc1c(C)cc(C=O)cc1SCCC. The van der Waals surface area contributed by atoms with Gasteiger partial charge >= 0.3 is 0 Å². The van der Waals surface area contributed by atoms with Gasteiger partial charge in [0.15, 0.2) is 0 Å². The first-order valence-corrected chi connectivity index (χ1v) is 9.56. The van der Waals surface area contributed by atoms with Crippen LogP contribution in [0.4, 0.5) is 0 Å². The van der Waals surface area contributed by atoms with Crippen LogP contribution in [0, 0.1) is 6.92 Å². The van der Waals surface area contributed by atoms with E-state index < -0.39 is 0 Å². The van der Waals surface area contributed by atoms with Gasteiger partial charge in [0, 0.05) is 5.56 Å². The Balaban J connectivity index is 2.54. The van der Waals surface area contributed by atoms with E-state index in [9.17, 15) is 4.79 Å². The highest BCUT2D eigenvalue weighted by molar-refractivity contribution is 7.99. The second-order valence-corrected chi connectivity index (χ2v) is 6.88. The Labute approximate surface area is 140 Å². The minimum atomic E-state index is 0.739. The maximum atomic E-state index is 11.0. The summed E-state index contributed by atoms with van der Waals surface area (Å²) in [5.41, 5.74) is 1.80. The topological polar surface area (TPSA) is 26.3 Å². The molecular formula is C19H30O2S. The van der Waals surface area contributed by atoms with Gasteiger partial charge in [0.25, 0.3) is 0 Å². The van der Waals surface area contributed by atoms with Gasteiger partial charge in [-0.05, 0) is 43.2 Å². The van der Waals surface area contributed by atoms with Crippen LogP contribution in [0.5, 0.6) is 5.75 Å². The van der Waals surface area contributed by atoms with Crippen LogP contribution in [0.3, 0.4) is 0 Å². The Hall–Kier alpha value is -0.960. The molecule has 0 spiro atoms. The smallest absolute Gasteiger partial charge is 0.150 e. The normalized spacial score (nSPS) is 10.7. The Kier molecular flexibility index (Phi) is 10.1. The lowest BCUT2D eigenvalue weighted by molar-refractivity contribution is 0.112. The molecule has 0 saturated heterocycles. The number of hydrogen-bond donors (Lipinski definition) is 0. The van der Waals surface area contributed by atoms with Crippen molar-refractivity contribution < 1.29 is 9.53 Å². The van der Waals surface area contributed by atoms with Crippen molar-refractivity contribution in [3.8, 4) is 5.75 Å². The average molecular weight is 323 g/mol. The molecule has 0 aliphatic carbocycles. The van der Waals surface area contributed by atoms with Crippen molar-refractivity contribution >= 4 is 18.0 Å². The summed E-state index contributed by atoms with van der Waals surface area (Å²) in [6.45, 7) is 7.21. The summed E-state index contributed by atoms with van der Waals surface area (Å²) in [5.74, 6) is 2.02. The third-order valence-electron chi connectivity index (χ3n) is 3.60. The molecule has 0 radical (unpaired) electrons. The molecular weight excluding hydrogens is 292 g/mol. The van der Waals surface area contributed by atoms with Gasteiger partial charge in [0.05, 0.1) is 11.5 Å². The van der Waals surface area contributed by atoms with E-state index in [2.05, 4.69) is 13.8 Å². The first kappa shape index (κ1) is 19.1. The molecule has 0 atom stereocenters. The molecule has 0 amide bonds. The molecule has 1 aromatic carbocycles. The summed E-state index contributed by atoms with van der Waals surface area (Å²) in [6, 6.07) is 3.87. The van der Waals surface area contributed by atoms with Crippen molar-refractivity contribution in [3.63, 3.8) is 0 Å². The van der Waals surface area contributed by atoms with E-state index in [-0.39, 0.29) is 0 Å². The minimum absolute atomic E-state index is 0.739. The van der Waals surface area contributed by atoms with Crippen molar-refractivity contribution in [2.75, 3.05) is 12.4 Å². The zero-order valence-corrected chi connectivity index (χ0v) is 15.1. The molecule has 0 fully saturated rings. The first-order chi connectivity index (χ1) is 10.7. The molecule has 0 heterocycles. The third-order valence-corrected chi connectivity index (χ3v) is 4.83. The molecule has 0 aliphatic heterocycles. The third kappa shape index (κ3) is 6.87. The monoisotopic (exact) mass is 322 g/mol. The number of carbonyl (C=O) groups is 1. The minimum Gasteiger partial charge on any atom is -0.492 e. The van der Waals surface area contributed by atoms with E-state index in [4.69, 9.17) is 4.74 Å². The number of aryl methyl sites for hydroxylation is 1. The molecule has 0 N–H and O–H groups in total. The number of thioether (sulfide) groups is 1. The first-order valence-electron chi connectivity index (χ1n) is 8.58. The summed E-state index contributed by atoms with van der Waals surface area (Å²) < 4.78 is 6.03. The Morgan fingerprint density at radius 1 is 1.05 bits per heavy atom. The maximum Gasteiger partial charge on any atom is 0.150 e. The van der Waals surface area contributed by atoms with Gasteiger partial charge in [-0.3, -0.25) is 4.79 Å². The van der Waals surface area contributed by atoms with Crippen molar-refractivity contribution in [1.29, 1.82) is 0 Å². The fourth-order valence-corrected chi connectivity index (χ4v) is 3.39. The van der Waals surface area contributed by atoms with Crippen LogP contribution >= 0.6 is 11.8 Å². The van der Waals surface area contributed by atoms with Gasteiger partial charge in [-0.15, -0.1) is 11.8 Å². The van der Waals surface area contributed by atoms with E-state index in [0.29, 0.717) is 0 Å². The fraction of sp³-hybridized carbons (Fsp3) is 0.632. The summed E-state index contributed by atoms with van der Waals surface area (Å²) in [4.78, 5) is 12.1. The van der Waals surface area contributed by atoms with Crippen LogP contribution in [-0.2, 0) is 0 Å². The average Bonchev–Trinajstić information content (AvgIpc) is 2.53. The molecule has 22 heavy (non-hydrogen) atoms. The Morgan fingerprint density at radius 3 is 2.45 bits per heavy atom. The number of hydrogen-bond acceptors (Lipinski definition) is 3. The van der Waals surface area contributed by atoms with Gasteiger partial charge in [0.1, 0.15) is 12.0 Å². The summed E-state index contributed by atoms with van der Waals surface area (Å²) in [5, 5.41) is 0. The lowest BCUT2D eigenvalue weighted by Gasteiger charge is -2.14. The summed E-state index contributed by atoms with van der Waals surface area (Å²) >= 11 is 1.78. The summed E-state index contributed by atoms with van der Waals surface area (Å²) in [7, 11) is 0. The van der Waals surface area contributed by atoms with Crippen molar-refractivity contribution in [2.24, 2.45) is 0 Å². The number of ether oxygens (including phenoxy) is 1. The zero-order chi connectivity index (χ0) is 16.2. The molecule has 0 aliphatic rings. The lowest BCUT2D eigenvalue weighted by Crippen LogP contribution is -2.01. The van der Waals surface area contributed by atoms with E-state index >= 15 is 0 Å². The number of aldehydes is 1. The van der Waals surface area contributed by atoms with Crippen molar-refractivity contribution in [2.45, 2.75) is 70.6 Å². The van der Waals surface area contributed by atoms with E-state index in [1.165, 1.54) is 32.1 Å². The largest absolute Gasteiger partial charge is 0.492 e. The molecule has 0 unspecified atom stereocenters. The molecule has 0 bridgehead atoms. The highest BCUT2D eigenvalue weighted by Gasteiger charge is 2.10. The predicted molar refractivity (Wildman–Crippen MR) is 96.5 cm³/mol. The van der Waals surface area contributed by atoms with Gasteiger partial charge in [-0.1, -0.05) is 46.0 Å². The van der Waals surface area contributed by atoms with Crippen LogP contribution in [0.2, 0.25) is 0 Å². The van der Waals surface area contributed by atoms with E-state index in [1.54, 1.807) is 11.8 Å². The molecule has 0 saturated carbocycles. The van der Waals surface area contributed by atoms with E-state index in [0.717, 1.165) is 53.3 Å². The molecule has 0 aromatic heterocycles. The Morgan fingerprint density at radius 2 is 1.77 bits per heavy atom. The molecule has 1 aromatic rings. The van der Waals surface area contributed by atoms with Gasteiger partial charge in [0.2, 0.25) is 0 Å². The number of benzene rings is 1. The van der Waals surface area contributed by atoms with Gasteiger partial charge in [-0.2, -0.15) is 0 Å². The van der Waals surface area contributed by atoms with Crippen LogP contribution in [0.25, 0.3) is 0 Å². The number of carbonyl (C=O) groups excluding carboxylic acids is 1. The molecule has 3 heteroatoms. The van der Waals surface area contributed by atoms with Crippen molar-refractivity contribution in [3.05, 3.63) is 23.3 Å². The molecule has 124 valence electrons. The lowest BCUT2D eigenvalue weighted by atomic mass is 10.1. The molecule has 2 nitrogen and oxygen atoms in total. The quantitative estimate of drug-likeness (QED) is 0.266. The standard InChI is InChI=1S/C19H30O2S/c1-4-6-7-8-9-10-11-21-19-16(3)13-17(15-20)14-18(19)22-12-5-2/h13-15H,4-12H2,1-3H3. The van der Waals surface area contributed by atoms with E-state index in [1.807, 2.05) is 19.1 Å². The molecule has 1 rings (SSSR count). The van der Waals surface area contributed by atoms with Crippen molar-refractivity contribution in [1.82, 2.24) is 0 Å². The maximum absolute atomic E-state index is 11.0. The van der Waals surface area contributed by atoms with Crippen LogP contribution in [-0.4, -0.2) is 18.6 Å². The van der Waals surface area contributed by atoms with Gasteiger partial charge < -0.3 is 4.74 Å². The zero-order valence-electron chi connectivity index (χ0n) is 14.3. The fourth-order valence-electron chi connectivity index (χ4n) is 2.40. The highest BCUT2D eigenvalue weighted by atomic mass is 32.2. The predicted octanol–water partition coefficient (Wildman–Crippen LogP) is 6.05. The van der Waals surface area contributed by atoms with Gasteiger partial charge in [-0.25, -0.2) is 0 Å². The van der Waals surface area contributed by atoms with Crippen LogP contribution in [0.15, 0.2) is 17.0 Å². The van der Waals surface area contributed by atoms with Crippen LogP contribution in [0.1, 0.15) is 74.7 Å². The summed E-state index contributed by atoms with van der Waals surface area (Å²) in [6.07, 6.45) is 9.65. The Bertz CT molecular complexity index is 443.